The summed E-state index contributed by atoms with van der Waals surface area (Å²) in [4.78, 5) is 36.5. The van der Waals surface area contributed by atoms with E-state index in [1.165, 1.54) is 0 Å². The second-order valence-corrected chi connectivity index (χ2v) is 7.46. The third-order valence-electron chi connectivity index (χ3n) is 4.13. The average molecular weight is 401 g/mol. The van der Waals surface area contributed by atoms with Crippen LogP contribution >= 0.6 is 11.8 Å². The summed E-state index contributed by atoms with van der Waals surface area (Å²) in [5.74, 6) is -2.70. The van der Waals surface area contributed by atoms with Crippen molar-refractivity contribution in [1.29, 1.82) is 0 Å². The van der Waals surface area contributed by atoms with Crippen LogP contribution in [-0.2, 0) is 27.3 Å². The van der Waals surface area contributed by atoms with Crippen molar-refractivity contribution < 1.29 is 24.6 Å². The Morgan fingerprint density at radius 2 is 1.46 bits per heavy atom. The topological polar surface area (TPSA) is 94.9 Å². The van der Waals surface area contributed by atoms with E-state index in [9.17, 15) is 14.4 Å². The van der Waals surface area contributed by atoms with Crippen molar-refractivity contribution in [3.63, 3.8) is 0 Å². The number of benzene rings is 2. The minimum atomic E-state index is -1.22. The summed E-state index contributed by atoms with van der Waals surface area (Å²) in [5.41, 5.74) is 2.09. The highest BCUT2D eigenvalue weighted by molar-refractivity contribution is 8.01. The molecule has 0 fully saturated rings. The highest BCUT2D eigenvalue weighted by Crippen LogP contribution is 2.17. The third-order valence-corrected chi connectivity index (χ3v) is 5.31. The van der Waals surface area contributed by atoms with Gasteiger partial charge in [0.2, 0.25) is 5.91 Å². The number of carbonyl (C=O) groups excluding carboxylic acids is 1. The van der Waals surface area contributed by atoms with Crippen molar-refractivity contribution in [2.75, 3.05) is 12.3 Å². The predicted molar refractivity (Wildman–Crippen MR) is 108 cm³/mol. The Hall–Kier alpha value is -2.80. The summed E-state index contributed by atoms with van der Waals surface area (Å²) in [6.45, 7) is 0.915. The molecular weight excluding hydrogens is 378 g/mol. The lowest BCUT2D eigenvalue weighted by atomic mass is 10.1. The van der Waals surface area contributed by atoms with Gasteiger partial charge in [0, 0.05) is 13.1 Å². The molecule has 7 heteroatoms. The van der Waals surface area contributed by atoms with E-state index < -0.39 is 23.6 Å². The Labute approximate surface area is 168 Å². The molecule has 1 atom stereocenters. The number of hydrogen-bond donors (Lipinski definition) is 2. The lowest BCUT2D eigenvalue weighted by Gasteiger charge is -2.23. The zero-order chi connectivity index (χ0) is 20.4. The maximum absolute atomic E-state index is 12.7. The second-order valence-electron chi connectivity index (χ2n) is 6.27. The summed E-state index contributed by atoms with van der Waals surface area (Å²) in [5, 5.41) is 16.8. The Morgan fingerprint density at radius 3 is 2.00 bits per heavy atom. The van der Waals surface area contributed by atoms with E-state index in [0.29, 0.717) is 19.5 Å². The molecule has 1 amide bonds. The maximum Gasteiger partial charge on any atom is 0.317 e. The number of carboxylic acids is 2. The van der Waals surface area contributed by atoms with Crippen molar-refractivity contribution in [2.24, 2.45) is 0 Å². The van der Waals surface area contributed by atoms with Gasteiger partial charge >= 0.3 is 11.9 Å². The normalized spacial score (nSPS) is 11.6. The number of carboxylic acid groups (broad SMARTS) is 2. The fourth-order valence-corrected chi connectivity index (χ4v) is 3.57. The number of rotatable bonds is 11. The number of aliphatic carboxylic acids is 2. The lowest BCUT2D eigenvalue weighted by Crippen LogP contribution is -2.35. The molecule has 2 aromatic rings. The van der Waals surface area contributed by atoms with Crippen molar-refractivity contribution in [3.8, 4) is 0 Å². The zero-order valence-corrected chi connectivity index (χ0v) is 16.2. The molecule has 28 heavy (non-hydrogen) atoms. The summed E-state index contributed by atoms with van der Waals surface area (Å²) in [6, 6.07) is 19.4. The third kappa shape index (κ3) is 7.44. The monoisotopic (exact) mass is 401 g/mol. The molecule has 6 nitrogen and oxygen atoms in total. The van der Waals surface area contributed by atoms with Gasteiger partial charge in [-0.15, -0.1) is 11.8 Å². The minimum Gasteiger partial charge on any atom is -0.481 e. The molecule has 0 aliphatic rings. The minimum absolute atomic E-state index is 0.0775. The Morgan fingerprint density at radius 1 is 0.893 bits per heavy atom. The van der Waals surface area contributed by atoms with E-state index in [1.54, 1.807) is 4.90 Å². The first-order valence-electron chi connectivity index (χ1n) is 8.87. The largest absolute Gasteiger partial charge is 0.481 e. The van der Waals surface area contributed by atoms with E-state index in [-0.39, 0.29) is 11.7 Å². The van der Waals surface area contributed by atoms with E-state index in [2.05, 4.69) is 0 Å². The van der Waals surface area contributed by atoms with Crippen molar-refractivity contribution in [2.45, 2.75) is 24.6 Å². The van der Waals surface area contributed by atoms with Gasteiger partial charge in [0.15, 0.2) is 0 Å². The summed E-state index contributed by atoms with van der Waals surface area (Å²) < 4.78 is 0. The molecule has 0 radical (unpaired) electrons. The summed E-state index contributed by atoms with van der Waals surface area (Å²) in [6.07, 6.45) is 0.164. The molecule has 0 bridgehead atoms. The number of carbonyl (C=O) groups is 3. The fourth-order valence-electron chi connectivity index (χ4n) is 2.64. The van der Waals surface area contributed by atoms with Gasteiger partial charge < -0.3 is 15.1 Å². The van der Waals surface area contributed by atoms with Gasteiger partial charge in [-0.1, -0.05) is 60.7 Å². The molecule has 0 aliphatic heterocycles. The predicted octanol–water partition coefficient (Wildman–Crippen LogP) is 2.92. The van der Waals surface area contributed by atoms with Gasteiger partial charge in [0.1, 0.15) is 5.25 Å². The first-order valence-corrected chi connectivity index (χ1v) is 9.92. The van der Waals surface area contributed by atoms with Crippen LogP contribution in [0.1, 0.15) is 17.5 Å². The molecule has 0 saturated carbocycles. The van der Waals surface area contributed by atoms with Crippen LogP contribution in [-0.4, -0.2) is 50.5 Å². The molecular formula is C21H23NO5S. The molecule has 2 N–H and O–H groups in total. The van der Waals surface area contributed by atoms with E-state index >= 15 is 0 Å². The molecule has 2 rings (SSSR count). The quantitative estimate of drug-likeness (QED) is 0.601. The highest BCUT2D eigenvalue weighted by Gasteiger charge is 2.24. The van der Waals surface area contributed by atoms with Crippen LogP contribution < -0.4 is 0 Å². The van der Waals surface area contributed by atoms with E-state index in [0.717, 1.165) is 22.9 Å². The van der Waals surface area contributed by atoms with Gasteiger partial charge in [-0.25, -0.2) is 0 Å². The van der Waals surface area contributed by atoms with Crippen LogP contribution in [0.4, 0.5) is 0 Å². The zero-order valence-electron chi connectivity index (χ0n) is 15.4. The van der Waals surface area contributed by atoms with Gasteiger partial charge in [-0.2, -0.15) is 0 Å². The average Bonchev–Trinajstić information content (AvgIpc) is 2.69. The SMILES string of the molecule is O=C(O)CC(SCC(=O)N(CCc1ccccc1)Cc1ccccc1)C(=O)O. The van der Waals surface area contributed by atoms with Crippen LogP contribution in [0.5, 0.6) is 0 Å². The van der Waals surface area contributed by atoms with E-state index in [4.69, 9.17) is 10.2 Å². The highest BCUT2D eigenvalue weighted by atomic mass is 32.2. The number of thioether (sulfide) groups is 1. The Balaban J connectivity index is 2.02. The van der Waals surface area contributed by atoms with Gasteiger partial charge in [0.25, 0.3) is 0 Å². The number of hydrogen-bond acceptors (Lipinski definition) is 4. The molecule has 1 unspecified atom stereocenters. The Kier molecular flexibility index (Phi) is 8.55. The maximum atomic E-state index is 12.7. The van der Waals surface area contributed by atoms with E-state index in [1.807, 2.05) is 60.7 Å². The van der Waals surface area contributed by atoms with Crippen LogP contribution in [0.2, 0.25) is 0 Å². The number of nitrogens with zero attached hydrogens (tertiary/aromatic N) is 1. The number of amides is 1. The van der Waals surface area contributed by atoms with Gasteiger partial charge in [-0.05, 0) is 17.5 Å². The van der Waals surface area contributed by atoms with Crippen molar-refractivity contribution in [1.82, 2.24) is 4.90 Å². The summed E-state index contributed by atoms with van der Waals surface area (Å²) in [7, 11) is 0. The second kappa shape index (κ2) is 11.1. The van der Waals surface area contributed by atoms with Crippen LogP contribution in [0, 0.1) is 0 Å². The van der Waals surface area contributed by atoms with Crippen molar-refractivity contribution in [3.05, 3.63) is 71.8 Å². The molecule has 148 valence electrons. The molecule has 0 aliphatic carbocycles. The smallest absolute Gasteiger partial charge is 0.317 e. The van der Waals surface area contributed by atoms with Crippen LogP contribution in [0.15, 0.2) is 60.7 Å². The standard InChI is InChI=1S/C21H23NO5S/c23-19(15-28-18(21(26)27)13-20(24)25)22(14-17-9-5-2-6-10-17)12-11-16-7-3-1-4-8-16/h1-10,18H,11-15H2,(H,24,25)(H,26,27). The van der Waals surface area contributed by atoms with Crippen LogP contribution in [0.25, 0.3) is 0 Å². The molecule has 0 aromatic heterocycles. The molecule has 0 saturated heterocycles. The Bertz CT molecular complexity index is 782. The first kappa shape index (κ1) is 21.5. The molecule has 0 heterocycles. The lowest BCUT2D eigenvalue weighted by molar-refractivity contribution is -0.143. The summed E-state index contributed by atoms with van der Waals surface area (Å²) >= 11 is 0.855. The fraction of sp³-hybridized carbons (Fsp3) is 0.286. The van der Waals surface area contributed by atoms with Gasteiger partial charge in [0.05, 0.1) is 12.2 Å². The first-order chi connectivity index (χ1) is 13.5. The van der Waals surface area contributed by atoms with Gasteiger partial charge in [-0.3, -0.25) is 14.4 Å². The van der Waals surface area contributed by atoms with Crippen molar-refractivity contribution >= 4 is 29.6 Å². The molecule has 2 aromatic carbocycles. The van der Waals surface area contributed by atoms with Crippen LogP contribution in [0.3, 0.4) is 0 Å². The molecule has 0 spiro atoms.